The topological polar surface area (TPSA) is 66.8 Å². The van der Waals surface area contributed by atoms with Crippen molar-refractivity contribution in [1.82, 2.24) is 4.90 Å². The highest BCUT2D eigenvalue weighted by Gasteiger charge is 2.37. The highest BCUT2D eigenvalue weighted by molar-refractivity contribution is 5.80. The standard InChI is InChI=1S/C9H13NO4/c11-8(12)7-2-1-5-10(7)9(13)14-6-3-4-6/h6-7H,1-5H2,(H,11,12). The number of carboxylic acids is 1. The molecule has 2 fully saturated rings. The summed E-state index contributed by atoms with van der Waals surface area (Å²) < 4.78 is 5.05. The molecule has 1 aliphatic carbocycles. The molecule has 0 bridgehead atoms. The lowest BCUT2D eigenvalue weighted by Gasteiger charge is -2.20. The normalized spacial score (nSPS) is 26.3. The lowest BCUT2D eigenvalue weighted by molar-refractivity contribution is -0.141. The Kier molecular flexibility index (Phi) is 2.31. The van der Waals surface area contributed by atoms with Crippen LogP contribution in [0.5, 0.6) is 0 Å². The molecule has 5 nitrogen and oxygen atoms in total. The average Bonchev–Trinajstić information content (AvgIpc) is 2.81. The van der Waals surface area contributed by atoms with Crippen LogP contribution in [0.2, 0.25) is 0 Å². The Morgan fingerprint density at radius 3 is 2.57 bits per heavy atom. The van der Waals surface area contributed by atoms with Crippen molar-refractivity contribution in [2.24, 2.45) is 0 Å². The minimum absolute atomic E-state index is 0.0394. The third-order valence-electron chi connectivity index (χ3n) is 2.56. The summed E-state index contributed by atoms with van der Waals surface area (Å²) in [5.41, 5.74) is 0. The molecule has 2 rings (SSSR count). The molecule has 1 N–H and O–H groups in total. The van der Waals surface area contributed by atoms with Gasteiger partial charge in [0.15, 0.2) is 0 Å². The van der Waals surface area contributed by atoms with Gasteiger partial charge in [-0.15, -0.1) is 0 Å². The second-order valence-electron chi connectivity index (χ2n) is 3.77. The predicted octanol–water partition coefficient (Wildman–Crippen LogP) is 0.834. The van der Waals surface area contributed by atoms with Gasteiger partial charge in [-0.3, -0.25) is 4.90 Å². The van der Waals surface area contributed by atoms with Crippen LogP contribution in [0.15, 0.2) is 0 Å². The van der Waals surface area contributed by atoms with Crippen molar-refractivity contribution < 1.29 is 19.4 Å². The van der Waals surface area contributed by atoms with E-state index in [1.54, 1.807) is 0 Å². The fourth-order valence-corrected chi connectivity index (χ4v) is 1.64. The van der Waals surface area contributed by atoms with Crippen LogP contribution in [0.1, 0.15) is 25.7 Å². The van der Waals surface area contributed by atoms with Gasteiger partial charge in [0.05, 0.1) is 0 Å². The van der Waals surface area contributed by atoms with Crippen molar-refractivity contribution in [3.05, 3.63) is 0 Å². The Bertz CT molecular complexity index is 262. The number of hydrogen-bond donors (Lipinski definition) is 1. The van der Waals surface area contributed by atoms with Gasteiger partial charge in [-0.1, -0.05) is 0 Å². The maximum atomic E-state index is 11.5. The summed E-state index contributed by atoms with van der Waals surface area (Å²) in [7, 11) is 0. The second-order valence-corrected chi connectivity index (χ2v) is 3.77. The second kappa shape index (κ2) is 3.48. The number of likely N-dealkylation sites (tertiary alicyclic amines) is 1. The van der Waals surface area contributed by atoms with Gasteiger partial charge in [-0.25, -0.2) is 9.59 Å². The molecule has 1 amide bonds. The van der Waals surface area contributed by atoms with Gasteiger partial charge in [0.2, 0.25) is 0 Å². The van der Waals surface area contributed by atoms with E-state index in [9.17, 15) is 9.59 Å². The van der Waals surface area contributed by atoms with Crippen LogP contribution in [-0.4, -0.2) is 40.8 Å². The Balaban J connectivity index is 1.93. The van der Waals surface area contributed by atoms with Crippen molar-refractivity contribution in [1.29, 1.82) is 0 Å². The van der Waals surface area contributed by atoms with Gasteiger partial charge < -0.3 is 9.84 Å². The zero-order valence-corrected chi connectivity index (χ0v) is 7.81. The number of hydrogen-bond acceptors (Lipinski definition) is 3. The third kappa shape index (κ3) is 1.81. The number of rotatable bonds is 2. The Morgan fingerprint density at radius 2 is 2.00 bits per heavy atom. The largest absolute Gasteiger partial charge is 0.480 e. The van der Waals surface area contributed by atoms with Crippen molar-refractivity contribution >= 4 is 12.1 Å². The first-order valence-corrected chi connectivity index (χ1v) is 4.88. The van der Waals surface area contributed by atoms with Gasteiger partial charge >= 0.3 is 12.1 Å². The maximum absolute atomic E-state index is 11.5. The van der Waals surface area contributed by atoms with E-state index < -0.39 is 18.1 Å². The lowest BCUT2D eigenvalue weighted by Crippen LogP contribution is -2.40. The van der Waals surface area contributed by atoms with E-state index in [-0.39, 0.29) is 6.10 Å². The molecule has 2 aliphatic rings. The van der Waals surface area contributed by atoms with Gasteiger partial charge in [-0.2, -0.15) is 0 Å². The van der Waals surface area contributed by atoms with Crippen LogP contribution >= 0.6 is 0 Å². The monoisotopic (exact) mass is 199 g/mol. The zero-order valence-electron chi connectivity index (χ0n) is 7.81. The number of carbonyl (C=O) groups is 2. The van der Waals surface area contributed by atoms with Crippen molar-refractivity contribution in [3.8, 4) is 0 Å². The summed E-state index contributed by atoms with van der Waals surface area (Å²) in [6.45, 7) is 0.503. The molecule has 1 saturated heterocycles. The molecular weight excluding hydrogens is 186 g/mol. The summed E-state index contributed by atoms with van der Waals surface area (Å²) in [5.74, 6) is -0.935. The highest BCUT2D eigenvalue weighted by atomic mass is 16.6. The van der Waals surface area contributed by atoms with E-state index in [2.05, 4.69) is 0 Å². The van der Waals surface area contributed by atoms with Gasteiger partial charge in [0.1, 0.15) is 12.1 Å². The first-order chi connectivity index (χ1) is 6.68. The molecule has 1 saturated carbocycles. The van der Waals surface area contributed by atoms with Crippen molar-refractivity contribution in [2.75, 3.05) is 6.54 Å². The Hall–Kier alpha value is -1.26. The molecule has 0 radical (unpaired) electrons. The summed E-state index contributed by atoms with van der Waals surface area (Å²) >= 11 is 0. The molecule has 1 atom stereocenters. The lowest BCUT2D eigenvalue weighted by atomic mass is 10.2. The van der Waals surface area contributed by atoms with E-state index in [4.69, 9.17) is 9.84 Å². The SMILES string of the molecule is O=C(O)C1CCCN1C(=O)OC1CC1. The quantitative estimate of drug-likeness (QED) is 0.715. The number of nitrogens with zero attached hydrogens (tertiary/aromatic N) is 1. The van der Waals surface area contributed by atoms with Crippen LogP contribution < -0.4 is 0 Å². The number of carboxylic acid groups (broad SMARTS) is 1. The van der Waals surface area contributed by atoms with E-state index >= 15 is 0 Å². The Morgan fingerprint density at radius 1 is 1.29 bits per heavy atom. The highest BCUT2D eigenvalue weighted by Crippen LogP contribution is 2.26. The molecule has 1 unspecified atom stereocenters. The minimum Gasteiger partial charge on any atom is -0.480 e. The molecule has 0 aromatic rings. The number of amides is 1. The van der Waals surface area contributed by atoms with Gasteiger partial charge in [0.25, 0.3) is 0 Å². The first-order valence-electron chi connectivity index (χ1n) is 4.88. The van der Waals surface area contributed by atoms with Gasteiger partial charge in [0, 0.05) is 6.54 Å². The van der Waals surface area contributed by atoms with E-state index in [0.717, 1.165) is 19.3 Å². The smallest absolute Gasteiger partial charge is 0.410 e. The number of aliphatic carboxylic acids is 1. The van der Waals surface area contributed by atoms with Crippen molar-refractivity contribution in [2.45, 2.75) is 37.8 Å². The zero-order chi connectivity index (χ0) is 10.1. The molecule has 0 aromatic carbocycles. The van der Waals surface area contributed by atoms with E-state index in [1.165, 1.54) is 4.90 Å². The van der Waals surface area contributed by atoms with E-state index in [0.29, 0.717) is 13.0 Å². The molecule has 0 spiro atoms. The summed E-state index contributed by atoms with van der Waals surface area (Å²) in [5, 5.41) is 8.83. The van der Waals surface area contributed by atoms with Crippen LogP contribution in [0.4, 0.5) is 4.79 Å². The maximum Gasteiger partial charge on any atom is 0.410 e. The van der Waals surface area contributed by atoms with Crippen LogP contribution in [-0.2, 0) is 9.53 Å². The molecule has 1 heterocycles. The minimum atomic E-state index is -0.935. The summed E-state index contributed by atoms with van der Waals surface area (Å²) in [6.07, 6.45) is 2.69. The van der Waals surface area contributed by atoms with E-state index in [1.807, 2.05) is 0 Å². The summed E-state index contributed by atoms with van der Waals surface area (Å²) in [4.78, 5) is 23.5. The molecular formula is C9H13NO4. The third-order valence-corrected chi connectivity index (χ3v) is 2.56. The first kappa shape index (κ1) is 9.30. The van der Waals surface area contributed by atoms with Crippen LogP contribution in [0.3, 0.4) is 0 Å². The average molecular weight is 199 g/mol. The molecule has 0 aromatic heterocycles. The summed E-state index contributed by atoms with van der Waals surface area (Å²) in [6, 6.07) is -0.679. The van der Waals surface area contributed by atoms with Crippen molar-refractivity contribution in [3.63, 3.8) is 0 Å². The number of carbonyl (C=O) groups excluding carboxylic acids is 1. The predicted molar refractivity (Wildman–Crippen MR) is 46.9 cm³/mol. The fourth-order valence-electron chi connectivity index (χ4n) is 1.64. The molecule has 14 heavy (non-hydrogen) atoms. The van der Waals surface area contributed by atoms with Crippen LogP contribution in [0, 0.1) is 0 Å². The molecule has 78 valence electrons. The molecule has 5 heteroatoms. The van der Waals surface area contributed by atoms with Gasteiger partial charge in [-0.05, 0) is 25.7 Å². The van der Waals surface area contributed by atoms with Crippen LogP contribution in [0.25, 0.3) is 0 Å². The number of ether oxygens (including phenoxy) is 1. The fraction of sp³-hybridized carbons (Fsp3) is 0.778. The Labute approximate surface area is 81.6 Å². The molecule has 1 aliphatic heterocycles.